The van der Waals surface area contributed by atoms with E-state index >= 15 is 0 Å². The van der Waals surface area contributed by atoms with Gasteiger partial charge >= 0.3 is 0 Å². The van der Waals surface area contributed by atoms with Gasteiger partial charge in [-0.2, -0.15) is 11.8 Å². The van der Waals surface area contributed by atoms with E-state index in [9.17, 15) is 8.42 Å². The molecule has 112 valence electrons. The number of nitrogens with zero attached hydrogens (tertiary/aromatic N) is 1. The molecule has 6 heteroatoms. The monoisotopic (exact) mass is 314 g/mol. The Morgan fingerprint density at radius 3 is 2.75 bits per heavy atom. The summed E-state index contributed by atoms with van der Waals surface area (Å²) in [6.45, 7) is 2.22. The fourth-order valence-electron chi connectivity index (χ4n) is 2.28. The van der Waals surface area contributed by atoms with Crippen molar-refractivity contribution in [2.75, 3.05) is 25.2 Å². The number of hydrogen-bond donors (Lipinski definition) is 1. The first-order valence-corrected chi connectivity index (χ1v) is 9.31. The number of anilines is 1. The fourth-order valence-corrected chi connectivity index (χ4v) is 4.37. The average Bonchev–Trinajstić information content (AvgIpc) is 2.41. The number of nitrogens with one attached hydrogen (secondary N) is 1. The molecule has 0 saturated carbocycles. The van der Waals surface area contributed by atoms with Crippen LogP contribution in [0.25, 0.3) is 0 Å². The molecule has 0 radical (unpaired) electrons. The molecule has 0 spiro atoms. The summed E-state index contributed by atoms with van der Waals surface area (Å²) in [5.74, 6) is 1.22. The molecule has 1 aromatic carbocycles. The third-order valence-electron chi connectivity index (χ3n) is 3.57. The second-order valence-electron chi connectivity index (χ2n) is 5.28. The van der Waals surface area contributed by atoms with E-state index in [1.54, 1.807) is 32.3 Å². The zero-order chi connectivity index (χ0) is 14.8. The Bertz CT molecular complexity index is 558. The van der Waals surface area contributed by atoms with Gasteiger partial charge in [0.15, 0.2) is 0 Å². The number of rotatable bonds is 4. The SMILES string of the molecule is CC1SCCCC1Nc1cccc(S(=O)(=O)N(C)C)c1. The van der Waals surface area contributed by atoms with Gasteiger partial charge in [0.25, 0.3) is 0 Å². The summed E-state index contributed by atoms with van der Waals surface area (Å²) in [5, 5.41) is 4.03. The zero-order valence-corrected chi connectivity index (χ0v) is 13.8. The summed E-state index contributed by atoms with van der Waals surface area (Å²) >= 11 is 1.97. The largest absolute Gasteiger partial charge is 0.381 e. The molecule has 1 aliphatic rings. The maximum atomic E-state index is 12.1. The number of benzene rings is 1. The molecule has 1 saturated heterocycles. The van der Waals surface area contributed by atoms with E-state index in [4.69, 9.17) is 0 Å². The Hall–Kier alpha value is -0.720. The summed E-state index contributed by atoms with van der Waals surface area (Å²) in [6.07, 6.45) is 2.35. The van der Waals surface area contributed by atoms with Gasteiger partial charge in [-0.05, 0) is 36.8 Å². The Morgan fingerprint density at radius 1 is 1.35 bits per heavy atom. The Balaban J connectivity index is 2.18. The Morgan fingerprint density at radius 2 is 2.10 bits per heavy atom. The highest BCUT2D eigenvalue weighted by atomic mass is 32.2. The summed E-state index contributed by atoms with van der Waals surface area (Å²) in [6, 6.07) is 7.49. The molecule has 2 rings (SSSR count). The van der Waals surface area contributed by atoms with Crippen LogP contribution in [0, 0.1) is 0 Å². The standard InChI is InChI=1S/C14H22N2O2S2/c1-11-14(8-5-9-19-11)15-12-6-4-7-13(10-12)20(17,18)16(2)3/h4,6-7,10-11,14-15H,5,8-9H2,1-3H3. The van der Waals surface area contributed by atoms with Crippen molar-refractivity contribution in [3.05, 3.63) is 24.3 Å². The van der Waals surface area contributed by atoms with Crippen molar-refractivity contribution in [1.82, 2.24) is 4.31 Å². The molecule has 1 N–H and O–H groups in total. The van der Waals surface area contributed by atoms with E-state index in [0.29, 0.717) is 16.2 Å². The second-order valence-corrected chi connectivity index (χ2v) is 8.92. The van der Waals surface area contributed by atoms with Gasteiger partial charge in [-0.25, -0.2) is 12.7 Å². The van der Waals surface area contributed by atoms with Crippen molar-refractivity contribution in [2.45, 2.75) is 36.0 Å². The normalized spacial score (nSPS) is 23.8. The molecule has 0 aliphatic carbocycles. The lowest BCUT2D eigenvalue weighted by atomic mass is 10.1. The van der Waals surface area contributed by atoms with Crippen molar-refractivity contribution >= 4 is 27.5 Å². The first kappa shape index (κ1) is 15.7. The third-order valence-corrected chi connectivity index (χ3v) is 6.76. The van der Waals surface area contributed by atoms with Crippen LogP contribution in [0.5, 0.6) is 0 Å². The molecule has 2 unspecified atom stereocenters. The van der Waals surface area contributed by atoms with Crippen LogP contribution in [0.1, 0.15) is 19.8 Å². The van der Waals surface area contributed by atoms with Gasteiger partial charge in [0, 0.05) is 31.1 Å². The first-order valence-electron chi connectivity index (χ1n) is 6.82. The molecular formula is C14H22N2O2S2. The molecular weight excluding hydrogens is 292 g/mol. The summed E-state index contributed by atoms with van der Waals surface area (Å²) in [7, 11) is -0.264. The smallest absolute Gasteiger partial charge is 0.242 e. The van der Waals surface area contributed by atoms with Gasteiger partial charge in [0.1, 0.15) is 0 Å². The van der Waals surface area contributed by atoms with Crippen LogP contribution in [-0.4, -0.2) is 43.9 Å². The van der Waals surface area contributed by atoms with Crippen LogP contribution in [0.15, 0.2) is 29.2 Å². The predicted molar refractivity (Wildman–Crippen MR) is 85.9 cm³/mol. The van der Waals surface area contributed by atoms with E-state index in [-0.39, 0.29) is 0 Å². The highest BCUT2D eigenvalue weighted by molar-refractivity contribution is 8.00. The van der Waals surface area contributed by atoms with Crippen molar-refractivity contribution in [1.29, 1.82) is 0 Å². The fraction of sp³-hybridized carbons (Fsp3) is 0.571. The van der Waals surface area contributed by atoms with Crippen LogP contribution >= 0.6 is 11.8 Å². The van der Waals surface area contributed by atoms with Gasteiger partial charge in [-0.15, -0.1) is 0 Å². The molecule has 0 bridgehead atoms. The second kappa shape index (κ2) is 6.37. The van der Waals surface area contributed by atoms with Gasteiger partial charge in [0.05, 0.1) is 4.90 Å². The summed E-state index contributed by atoms with van der Waals surface area (Å²) in [5.41, 5.74) is 0.882. The van der Waals surface area contributed by atoms with Gasteiger partial charge < -0.3 is 5.32 Å². The minimum Gasteiger partial charge on any atom is -0.381 e. The van der Waals surface area contributed by atoms with Crippen LogP contribution in [0.3, 0.4) is 0 Å². The highest BCUT2D eigenvalue weighted by Crippen LogP contribution is 2.28. The summed E-state index contributed by atoms with van der Waals surface area (Å²) < 4.78 is 25.5. The van der Waals surface area contributed by atoms with Crippen molar-refractivity contribution < 1.29 is 8.42 Å². The van der Waals surface area contributed by atoms with Crippen molar-refractivity contribution in [3.63, 3.8) is 0 Å². The van der Waals surface area contributed by atoms with Crippen LogP contribution < -0.4 is 5.32 Å². The lowest BCUT2D eigenvalue weighted by Crippen LogP contribution is -2.32. The Kier molecular flexibility index (Phi) is 4.99. The number of thioether (sulfide) groups is 1. The van der Waals surface area contributed by atoms with E-state index in [2.05, 4.69) is 12.2 Å². The molecule has 1 fully saturated rings. The number of sulfonamides is 1. The predicted octanol–water partition coefficient (Wildman–Crippen LogP) is 2.63. The van der Waals surface area contributed by atoms with Crippen LogP contribution in [0.4, 0.5) is 5.69 Å². The van der Waals surface area contributed by atoms with E-state index in [1.807, 2.05) is 17.8 Å². The molecule has 4 nitrogen and oxygen atoms in total. The average molecular weight is 314 g/mol. The Labute approximate surface area is 126 Å². The van der Waals surface area contributed by atoms with Crippen molar-refractivity contribution in [2.24, 2.45) is 0 Å². The number of hydrogen-bond acceptors (Lipinski definition) is 4. The third kappa shape index (κ3) is 3.48. The summed E-state index contributed by atoms with van der Waals surface area (Å²) in [4.78, 5) is 0.337. The van der Waals surface area contributed by atoms with Gasteiger partial charge in [-0.1, -0.05) is 13.0 Å². The van der Waals surface area contributed by atoms with Crippen LogP contribution in [0.2, 0.25) is 0 Å². The molecule has 1 aromatic rings. The molecule has 1 heterocycles. The molecule has 0 amide bonds. The molecule has 2 atom stereocenters. The quantitative estimate of drug-likeness (QED) is 0.928. The first-order chi connectivity index (χ1) is 9.41. The molecule has 20 heavy (non-hydrogen) atoms. The van der Waals surface area contributed by atoms with Gasteiger partial charge in [-0.3, -0.25) is 0 Å². The van der Waals surface area contributed by atoms with E-state index < -0.39 is 10.0 Å². The van der Waals surface area contributed by atoms with E-state index in [0.717, 1.165) is 12.1 Å². The zero-order valence-electron chi connectivity index (χ0n) is 12.2. The van der Waals surface area contributed by atoms with Gasteiger partial charge in [0.2, 0.25) is 10.0 Å². The molecule has 1 aliphatic heterocycles. The lowest BCUT2D eigenvalue weighted by Gasteiger charge is -2.30. The molecule has 0 aromatic heterocycles. The lowest BCUT2D eigenvalue weighted by molar-refractivity contribution is 0.520. The van der Waals surface area contributed by atoms with Crippen molar-refractivity contribution in [3.8, 4) is 0 Å². The minimum atomic E-state index is -3.37. The topological polar surface area (TPSA) is 49.4 Å². The van der Waals surface area contributed by atoms with E-state index in [1.165, 1.54) is 16.5 Å². The highest BCUT2D eigenvalue weighted by Gasteiger charge is 2.22. The van der Waals surface area contributed by atoms with Crippen LogP contribution in [-0.2, 0) is 10.0 Å². The minimum absolute atomic E-state index is 0.337. The maximum Gasteiger partial charge on any atom is 0.242 e. The maximum absolute atomic E-state index is 12.1.